The number of hydrogen-bond acceptors (Lipinski definition) is 4. The molecule has 0 radical (unpaired) electrons. The first-order valence-corrected chi connectivity index (χ1v) is 11.2. The summed E-state index contributed by atoms with van der Waals surface area (Å²) in [4.78, 5) is 10.5. The summed E-state index contributed by atoms with van der Waals surface area (Å²) in [5, 5.41) is 6.84. The molecule has 6 nitrogen and oxygen atoms in total. The topological polar surface area (TPSA) is 61.8 Å². The van der Waals surface area contributed by atoms with Gasteiger partial charge in [-0.15, -0.1) is 0 Å². The summed E-state index contributed by atoms with van der Waals surface area (Å²) in [6.07, 6.45) is 13.0. The zero-order valence-electron chi connectivity index (χ0n) is 17.7. The minimum atomic E-state index is -0.261. The second-order valence-electron chi connectivity index (χ2n) is 8.08. The van der Waals surface area contributed by atoms with Crippen molar-refractivity contribution >= 4 is 11.8 Å². The molecule has 29 heavy (non-hydrogen) atoms. The van der Waals surface area contributed by atoms with Crippen molar-refractivity contribution in [3.63, 3.8) is 0 Å². The number of aliphatic imine (C=N–C) groups is 1. The average Bonchev–Trinajstić information content (AvgIpc) is 3.21. The summed E-state index contributed by atoms with van der Waals surface area (Å²) in [5.41, 5.74) is 0. The van der Waals surface area contributed by atoms with Crippen LogP contribution in [-0.2, 0) is 4.74 Å². The number of unbranched alkanes of at least 4 members (excludes halogenated alkanes) is 2. The molecule has 2 N–H and O–H groups in total. The molecule has 1 aliphatic carbocycles. The van der Waals surface area contributed by atoms with Gasteiger partial charge in [-0.05, 0) is 50.7 Å². The molecule has 7 heteroatoms. The van der Waals surface area contributed by atoms with Gasteiger partial charge in [-0.1, -0.05) is 19.3 Å². The van der Waals surface area contributed by atoms with Gasteiger partial charge < -0.3 is 20.3 Å². The number of guanidine groups is 1. The van der Waals surface area contributed by atoms with Crippen LogP contribution in [0.1, 0.15) is 57.8 Å². The first-order chi connectivity index (χ1) is 14.3. The Morgan fingerprint density at radius 2 is 2.10 bits per heavy atom. The Balaban J connectivity index is 1.26. The van der Waals surface area contributed by atoms with Crippen molar-refractivity contribution in [3.05, 3.63) is 24.1 Å². The van der Waals surface area contributed by atoms with Crippen LogP contribution in [0.3, 0.4) is 0 Å². The van der Waals surface area contributed by atoms with E-state index >= 15 is 0 Å². The molecule has 1 aliphatic heterocycles. The first-order valence-electron chi connectivity index (χ1n) is 11.2. The van der Waals surface area contributed by atoms with E-state index in [1.165, 1.54) is 38.2 Å². The average molecular weight is 406 g/mol. The number of rotatable bonds is 9. The summed E-state index contributed by atoms with van der Waals surface area (Å²) in [6.45, 7) is 3.31. The summed E-state index contributed by atoms with van der Waals surface area (Å²) in [7, 11) is 1.79. The van der Waals surface area contributed by atoms with Gasteiger partial charge in [0.05, 0.1) is 6.10 Å². The molecule has 0 bridgehead atoms. The van der Waals surface area contributed by atoms with Crippen molar-refractivity contribution in [1.82, 2.24) is 15.6 Å². The number of ether oxygens (including phenoxy) is 1. The Morgan fingerprint density at radius 1 is 1.24 bits per heavy atom. The standard InChI is InChI=1S/C22H36FN5O/c1-24-22(26-13-6-3-7-16-29-19-9-4-2-5-10-19)27-18-12-15-28(17-18)21-20(23)11-8-14-25-21/h8,11,14,18-19H,2-7,9-10,12-13,15-17H2,1H3,(H2,24,26,27). The van der Waals surface area contributed by atoms with E-state index in [0.717, 1.165) is 57.9 Å². The van der Waals surface area contributed by atoms with E-state index in [1.54, 1.807) is 19.3 Å². The Bertz CT molecular complexity index is 635. The van der Waals surface area contributed by atoms with Gasteiger partial charge in [0.25, 0.3) is 0 Å². The Labute approximate surface area is 174 Å². The zero-order valence-corrected chi connectivity index (χ0v) is 17.7. The zero-order chi connectivity index (χ0) is 20.3. The predicted molar refractivity (Wildman–Crippen MR) is 116 cm³/mol. The van der Waals surface area contributed by atoms with E-state index < -0.39 is 0 Å². The molecule has 1 aromatic heterocycles. The third-order valence-corrected chi connectivity index (χ3v) is 5.81. The third kappa shape index (κ3) is 7.14. The Kier molecular flexibility index (Phi) is 8.99. The Hall–Kier alpha value is -1.89. The SMILES string of the molecule is CN=C(NCCCCCOC1CCCCC1)NC1CCN(c2ncccc2F)C1. The van der Waals surface area contributed by atoms with Crippen LogP contribution < -0.4 is 15.5 Å². The lowest BCUT2D eigenvalue weighted by atomic mass is 9.98. The summed E-state index contributed by atoms with van der Waals surface area (Å²) < 4.78 is 19.9. The van der Waals surface area contributed by atoms with E-state index in [-0.39, 0.29) is 11.9 Å². The fourth-order valence-corrected chi connectivity index (χ4v) is 4.16. The molecule has 0 aromatic carbocycles. The van der Waals surface area contributed by atoms with Crippen LogP contribution in [0, 0.1) is 5.82 Å². The molecule has 1 saturated carbocycles. The lowest BCUT2D eigenvalue weighted by molar-refractivity contribution is 0.0264. The van der Waals surface area contributed by atoms with Gasteiger partial charge in [0, 0.05) is 45.5 Å². The van der Waals surface area contributed by atoms with E-state index in [4.69, 9.17) is 4.74 Å². The van der Waals surface area contributed by atoms with Gasteiger partial charge in [0.1, 0.15) is 0 Å². The fourth-order valence-electron chi connectivity index (χ4n) is 4.16. The van der Waals surface area contributed by atoms with Gasteiger partial charge in [-0.2, -0.15) is 0 Å². The highest BCUT2D eigenvalue weighted by molar-refractivity contribution is 5.80. The maximum Gasteiger partial charge on any atom is 0.191 e. The smallest absolute Gasteiger partial charge is 0.191 e. The van der Waals surface area contributed by atoms with Gasteiger partial charge in [0.2, 0.25) is 0 Å². The maximum atomic E-state index is 13.9. The molecule has 2 heterocycles. The van der Waals surface area contributed by atoms with Crippen LogP contribution in [-0.4, -0.2) is 56.4 Å². The summed E-state index contributed by atoms with van der Waals surface area (Å²) >= 11 is 0. The number of hydrogen-bond donors (Lipinski definition) is 2. The second-order valence-corrected chi connectivity index (χ2v) is 8.08. The number of aromatic nitrogens is 1. The molecule has 3 rings (SSSR count). The lowest BCUT2D eigenvalue weighted by Crippen LogP contribution is -2.45. The first kappa shape index (κ1) is 21.8. The third-order valence-electron chi connectivity index (χ3n) is 5.81. The lowest BCUT2D eigenvalue weighted by Gasteiger charge is -2.22. The molecule has 1 aromatic rings. The maximum absolute atomic E-state index is 13.9. The quantitative estimate of drug-likeness (QED) is 0.374. The largest absolute Gasteiger partial charge is 0.378 e. The van der Waals surface area contributed by atoms with Crippen molar-refractivity contribution in [2.45, 2.75) is 69.9 Å². The monoisotopic (exact) mass is 405 g/mol. The molecule has 0 amide bonds. The van der Waals surface area contributed by atoms with Crippen molar-refractivity contribution < 1.29 is 9.13 Å². The molecule has 1 saturated heterocycles. The van der Waals surface area contributed by atoms with E-state index in [1.807, 2.05) is 4.90 Å². The molecule has 2 aliphatic rings. The van der Waals surface area contributed by atoms with Crippen LogP contribution >= 0.6 is 0 Å². The molecule has 162 valence electrons. The predicted octanol–water partition coefficient (Wildman–Crippen LogP) is 3.48. The molecular formula is C22H36FN5O. The van der Waals surface area contributed by atoms with E-state index in [0.29, 0.717) is 11.9 Å². The van der Waals surface area contributed by atoms with Crippen LogP contribution in [0.25, 0.3) is 0 Å². The van der Waals surface area contributed by atoms with Gasteiger partial charge in [0.15, 0.2) is 17.6 Å². The van der Waals surface area contributed by atoms with Gasteiger partial charge >= 0.3 is 0 Å². The molecular weight excluding hydrogens is 369 g/mol. The fraction of sp³-hybridized carbons (Fsp3) is 0.727. The summed E-state index contributed by atoms with van der Waals surface area (Å²) in [5.74, 6) is 0.995. The highest BCUT2D eigenvalue weighted by Gasteiger charge is 2.25. The van der Waals surface area contributed by atoms with E-state index in [9.17, 15) is 4.39 Å². The normalized spacial score (nSPS) is 20.8. The van der Waals surface area contributed by atoms with Crippen LogP contribution in [0.4, 0.5) is 10.2 Å². The van der Waals surface area contributed by atoms with Crippen molar-refractivity contribution in [2.24, 2.45) is 4.99 Å². The minimum absolute atomic E-state index is 0.242. The van der Waals surface area contributed by atoms with Crippen LogP contribution in [0.2, 0.25) is 0 Å². The van der Waals surface area contributed by atoms with Gasteiger partial charge in [-0.25, -0.2) is 9.37 Å². The summed E-state index contributed by atoms with van der Waals surface area (Å²) in [6, 6.07) is 3.33. The minimum Gasteiger partial charge on any atom is -0.378 e. The highest BCUT2D eigenvalue weighted by Crippen LogP contribution is 2.21. The molecule has 0 spiro atoms. The van der Waals surface area contributed by atoms with Crippen molar-refractivity contribution in [2.75, 3.05) is 38.2 Å². The number of nitrogens with one attached hydrogen (secondary N) is 2. The van der Waals surface area contributed by atoms with Crippen molar-refractivity contribution in [3.8, 4) is 0 Å². The van der Waals surface area contributed by atoms with Gasteiger partial charge in [-0.3, -0.25) is 4.99 Å². The van der Waals surface area contributed by atoms with Crippen LogP contribution in [0.5, 0.6) is 0 Å². The highest BCUT2D eigenvalue weighted by atomic mass is 19.1. The number of pyridine rings is 1. The van der Waals surface area contributed by atoms with Crippen molar-refractivity contribution in [1.29, 1.82) is 0 Å². The molecule has 2 fully saturated rings. The Morgan fingerprint density at radius 3 is 2.90 bits per heavy atom. The number of anilines is 1. The van der Waals surface area contributed by atoms with E-state index in [2.05, 4.69) is 20.6 Å². The molecule has 1 atom stereocenters. The number of halogens is 1. The number of nitrogens with zero attached hydrogens (tertiary/aromatic N) is 3. The van der Waals surface area contributed by atoms with Crippen LogP contribution in [0.15, 0.2) is 23.3 Å². The molecule has 1 unspecified atom stereocenters. The second kappa shape index (κ2) is 12.0.